The Kier molecular flexibility index (Phi) is 5.55. The zero-order valence-corrected chi connectivity index (χ0v) is 16.2. The summed E-state index contributed by atoms with van der Waals surface area (Å²) in [6, 6.07) is 6.37. The molecule has 0 saturated carbocycles. The van der Waals surface area contributed by atoms with E-state index in [0.717, 1.165) is 18.2 Å². The number of benzene rings is 2. The number of carbonyl (C=O) groups excluding carboxylic acids is 3. The molecule has 2 aromatic carbocycles. The number of nitro groups is 2. The van der Waals surface area contributed by atoms with Crippen LogP contribution in [0, 0.1) is 20.2 Å². The van der Waals surface area contributed by atoms with Crippen molar-refractivity contribution in [3.63, 3.8) is 0 Å². The van der Waals surface area contributed by atoms with Gasteiger partial charge >= 0.3 is 11.7 Å². The summed E-state index contributed by atoms with van der Waals surface area (Å²) in [7, 11) is 0. The molecular weight excluding hydrogens is 468 g/mol. The van der Waals surface area contributed by atoms with E-state index in [9.17, 15) is 34.6 Å². The number of rotatable bonds is 5. The largest absolute Gasteiger partial charge is 0.449 e. The van der Waals surface area contributed by atoms with E-state index in [1.165, 1.54) is 24.3 Å². The lowest BCUT2D eigenvalue weighted by Crippen LogP contribution is -2.51. The smallest absolute Gasteiger partial charge is 0.328 e. The van der Waals surface area contributed by atoms with E-state index < -0.39 is 39.1 Å². The van der Waals surface area contributed by atoms with Gasteiger partial charge in [0, 0.05) is 6.07 Å². The molecule has 2 N–H and O–H groups in total. The Hall–Kier alpha value is -4.13. The summed E-state index contributed by atoms with van der Waals surface area (Å²) in [5.74, 6) is -1.80. The highest BCUT2D eigenvalue weighted by molar-refractivity contribution is 9.10. The summed E-state index contributed by atoms with van der Waals surface area (Å²) >= 11 is 3.22. The quantitative estimate of drug-likeness (QED) is 0.287. The summed E-state index contributed by atoms with van der Waals surface area (Å²) in [5, 5.41) is 25.9. The first-order chi connectivity index (χ1) is 14.2. The van der Waals surface area contributed by atoms with Crippen LogP contribution < -0.4 is 15.4 Å². The third kappa shape index (κ3) is 4.30. The van der Waals surface area contributed by atoms with Gasteiger partial charge in [0.1, 0.15) is 11.3 Å². The Morgan fingerprint density at radius 3 is 2.10 bits per heavy atom. The molecule has 0 aliphatic carbocycles. The number of nitro benzene ring substituents is 2. The lowest BCUT2D eigenvalue weighted by molar-refractivity contribution is -0.394. The minimum Gasteiger partial charge on any atom is -0.449 e. The number of carbonyl (C=O) groups is 3. The monoisotopic (exact) mass is 476 g/mol. The minimum atomic E-state index is -0.920. The van der Waals surface area contributed by atoms with E-state index in [1.807, 2.05) is 10.6 Å². The molecule has 0 atom stereocenters. The van der Waals surface area contributed by atoms with Gasteiger partial charge in [0.25, 0.3) is 17.5 Å². The number of hydrogen-bond acceptors (Lipinski definition) is 8. The Bertz CT molecular complexity index is 1140. The van der Waals surface area contributed by atoms with Crippen LogP contribution in [-0.4, -0.2) is 27.7 Å². The Morgan fingerprint density at radius 1 is 0.900 bits per heavy atom. The van der Waals surface area contributed by atoms with E-state index >= 15 is 0 Å². The summed E-state index contributed by atoms with van der Waals surface area (Å²) in [6.07, 6.45) is 1.24. The molecule has 13 heteroatoms. The van der Waals surface area contributed by atoms with E-state index in [2.05, 4.69) is 15.9 Å². The molecule has 0 radical (unpaired) electrons. The molecule has 2 aromatic rings. The minimum absolute atomic E-state index is 0.141. The average molecular weight is 477 g/mol. The average Bonchev–Trinajstić information content (AvgIpc) is 2.66. The third-order valence-corrected chi connectivity index (χ3v) is 4.40. The molecule has 0 spiro atoms. The van der Waals surface area contributed by atoms with Crippen molar-refractivity contribution in [3.05, 3.63) is 72.2 Å². The lowest BCUT2D eigenvalue weighted by atomic mass is 10.1. The predicted molar refractivity (Wildman–Crippen MR) is 104 cm³/mol. The number of halogens is 1. The fourth-order valence-corrected chi connectivity index (χ4v) is 2.91. The van der Waals surface area contributed by atoms with Crippen LogP contribution in [0.5, 0.6) is 11.5 Å². The highest BCUT2D eigenvalue weighted by Gasteiger charge is 2.27. The van der Waals surface area contributed by atoms with Crippen LogP contribution in [0.4, 0.5) is 16.2 Å². The Morgan fingerprint density at radius 2 is 1.53 bits per heavy atom. The molecule has 0 unspecified atom stereocenters. The van der Waals surface area contributed by atoms with Crippen molar-refractivity contribution in [1.82, 2.24) is 10.6 Å². The number of amides is 4. The molecule has 1 saturated heterocycles. The summed E-state index contributed by atoms with van der Waals surface area (Å²) < 4.78 is 5.82. The van der Waals surface area contributed by atoms with Crippen molar-refractivity contribution in [2.24, 2.45) is 0 Å². The highest BCUT2D eigenvalue weighted by atomic mass is 79.9. The molecule has 30 heavy (non-hydrogen) atoms. The van der Waals surface area contributed by atoms with E-state index in [-0.39, 0.29) is 17.1 Å². The molecule has 1 heterocycles. The number of nitrogens with zero attached hydrogens (tertiary/aromatic N) is 2. The number of non-ortho nitro benzene ring substituents is 1. The van der Waals surface area contributed by atoms with E-state index in [1.54, 1.807) is 0 Å². The Balaban J connectivity index is 1.90. The number of nitrogens with one attached hydrogen (secondary N) is 2. The van der Waals surface area contributed by atoms with Crippen LogP contribution >= 0.6 is 15.9 Å². The molecule has 4 amide bonds. The molecule has 1 fully saturated rings. The van der Waals surface area contributed by atoms with Crippen LogP contribution in [-0.2, 0) is 9.59 Å². The second kappa shape index (κ2) is 8.08. The summed E-state index contributed by atoms with van der Waals surface area (Å²) in [5.41, 5.74) is -0.955. The summed E-state index contributed by atoms with van der Waals surface area (Å²) in [6.45, 7) is 0. The maximum Gasteiger partial charge on any atom is 0.328 e. The number of barbiturate groups is 1. The standard InChI is InChI=1S/C17H9BrN4O8/c18-11-6-8(5-10-15(23)19-17(25)20-16(10)24)1-3-13(11)30-14-4-2-9(21(26)27)7-12(14)22(28)29/h1-7H,(H2,19,20,23,24,25). The maximum absolute atomic E-state index is 11.8. The predicted octanol–water partition coefficient (Wildman–Crippen LogP) is 2.81. The number of ether oxygens (including phenoxy) is 1. The first kappa shape index (κ1) is 20.6. The normalized spacial score (nSPS) is 13.4. The van der Waals surface area contributed by atoms with Crippen LogP contribution in [0.1, 0.15) is 5.56 Å². The summed E-state index contributed by atoms with van der Waals surface area (Å²) in [4.78, 5) is 55.1. The third-order valence-electron chi connectivity index (χ3n) is 3.78. The number of imide groups is 2. The van der Waals surface area contributed by atoms with Gasteiger partial charge in [0.15, 0.2) is 0 Å². The lowest BCUT2D eigenvalue weighted by Gasteiger charge is -2.14. The SMILES string of the molecule is O=C1NC(=O)C(=Cc2ccc(Oc3ccc([N+](=O)[O-])cc3[N+](=O)[O-])c(Br)c2)C(=O)N1. The van der Waals surface area contributed by atoms with Gasteiger partial charge in [-0.25, -0.2) is 4.79 Å². The van der Waals surface area contributed by atoms with Crippen LogP contribution in [0.15, 0.2) is 46.4 Å². The molecular formula is C17H9BrN4O8. The molecule has 1 aliphatic heterocycles. The fourth-order valence-electron chi connectivity index (χ4n) is 2.43. The number of hydrogen-bond donors (Lipinski definition) is 2. The maximum atomic E-state index is 11.8. The van der Waals surface area contributed by atoms with Gasteiger partial charge in [0.05, 0.1) is 20.4 Å². The Labute approximate surface area is 174 Å². The van der Waals surface area contributed by atoms with Crippen molar-refractivity contribution >= 4 is 51.2 Å². The van der Waals surface area contributed by atoms with E-state index in [0.29, 0.717) is 10.0 Å². The van der Waals surface area contributed by atoms with Crippen molar-refractivity contribution in [1.29, 1.82) is 0 Å². The first-order valence-corrected chi connectivity index (χ1v) is 8.73. The van der Waals surface area contributed by atoms with Crippen LogP contribution in [0.2, 0.25) is 0 Å². The molecule has 0 aromatic heterocycles. The van der Waals surface area contributed by atoms with Crippen molar-refractivity contribution < 1.29 is 29.0 Å². The molecule has 0 bridgehead atoms. The topological polar surface area (TPSA) is 171 Å². The fraction of sp³-hybridized carbons (Fsp3) is 0. The second-order valence-corrected chi connectivity index (χ2v) is 6.61. The molecule has 1 aliphatic rings. The van der Waals surface area contributed by atoms with Gasteiger partial charge in [-0.1, -0.05) is 6.07 Å². The zero-order chi connectivity index (χ0) is 22.0. The first-order valence-electron chi connectivity index (χ1n) is 7.94. The second-order valence-electron chi connectivity index (χ2n) is 5.75. The van der Waals surface area contributed by atoms with Gasteiger partial charge < -0.3 is 4.74 Å². The van der Waals surface area contributed by atoms with Gasteiger partial charge in [-0.2, -0.15) is 0 Å². The van der Waals surface area contributed by atoms with Crippen molar-refractivity contribution in [2.75, 3.05) is 0 Å². The van der Waals surface area contributed by atoms with Gasteiger partial charge in [-0.15, -0.1) is 0 Å². The molecule has 12 nitrogen and oxygen atoms in total. The highest BCUT2D eigenvalue weighted by Crippen LogP contribution is 2.37. The van der Waals surface area contributed by atoms with Gasteiger partial charge in [-0.05, 0) is 45.8 Å². The molecule has 152 valence electrons. The molecule has 3 rings (SSSR count). The van der Waals surface area contributed by atoms with Crippen molar-refractivity contribution in [3.8, 4) is 11.5 Å². The van der Waals surface area contributed by atoms with Gasteiger partial charge in [-0.3, -0.25) is 40.5 Å². The van der Waals surface area contributed by atoms with Gasteiger partial charge in [0.2, 0.25) is 5.75 Å². The van der Waals surface area contributed by atoms with Crippen molar-refractivity contribution in [2.45, 2.75) is 0 Å². The van der Waals surface area contributed by atoms with Crippen LogP contribution in [0.25, 0.3) is 6.08 Å². The van der Waals surface area contributed by atoms with Crippen LogP contribution in [0.3, 0.4) is 0 Å². The van der Waals surface area contributed by atoms with E-state index in [4.69, 9.17) is 4.74 Å². The zero-order valence-electron chi connectivity index (χ0n) is 14.6. The number of urea groups is 1.